The van der Waals surface area contributed by atoms with Crippen molar-refractivity contribution in [3.8, 4) is 17.1 Å². The van der Waals surface area contributed by atoms with E-state index in [0.29, 0.717) is 36.0 Å². The zero-order valence-corrected chi connectivity index (χ0v) is 18.1. The zero-order chi connectivity index (χ0) is 23.1. The summed E-state index contributed by atoms with van der Waals surface area (Å²) in [4.78, 5) is 23.4. The van der Waals surface area contributed by atoms with Crippen molar-refractivity contribution in [2.24, 2.45) is 12.8 Å². The highest BCUT2D eigenvalue weighted by atomic mass is 19.1. The predicted octanol–water partition coefficient (Wildman–Crippen LogP) is 3.40. The summed E-state index contributed by atoms with van der Waals surface area (Å²) < 4.78 is 17.7. The number of hydrogen-bond donors (Lipinski definition) is 1. The molecule has 8 nitrogen and oxygen atoms in total. The van der Waals surface area contributed by atoms with Gasteiger partial charge in [0.25, 0.3) is 5.56 Å². The van der Waals surface area contributed by atoms with Gasteiger partial charge in [-0.2, -0.15) is 5.10 Å². The summed E-state index contributed by atoms with van der Waals surface area (Å²) in [5.41, 5.74) is 7.62. The Morgan fingerprint density at radius 1 is 1.15 bits per heavy atom. The largest absolute Gasteiger partial charge is 0.356 e. The second kappa shape index (κ2) is 8.15. The van der Waals surface area contributed by atoms with E-state index in [2.05, 4.69) is 9.94 Å². The van der Waals surface area contributed by atoms with Gasteiger partial charge in [0.05, 0.1) is 24.0 Å². The Kier molecular flexibility index (Phi) is 5.15. The van der Waals surface area contributed by atoms with E-state index in [4.69, 9.17) is 17.3 Å². The zero-order valence-electron chi connectivity index (χ0n) is 18.1. The molecule has 0 unspecified atom stereocenters. The monoisotopic (exact) mass is 443 g/mol. The van der Waals surface area contributed by atoms with Gasteiger partial charge in [0, 0.05) is 43.2 Å². The molecule has 0 radical (unpaired) electrons. The number of anilines is 1. The summed E-state index contributed by atoms with van der Waals surface area (Å²) in [6.45, 7) is 8.52. The molecular formula is C24H22FN7O. The lowest BCUT2D eigenvalue weighted by Crippen LogP contribution is -2.40. The fraction of sp³-hybridized carbons (Fsp3) is 0.250. The number of fused-ring (bicyclic) bond motifs is 1. The molecule has 4 aromatic rings. The number of hydrogen-bond acceptors (Lipinski definition) is 5. The molecule has 0 spiro atoms. The van der Waals surface area contributed by atoms with Crippen molar-refractivity contribution in [3.05, 3.63) is 76.2 Å². The Bertz CT molecular complexity index is 1460. The maximum absolute atomic E-state index is 14.5. The van der Waals surface area contributed by atoms with Gasteiger partial charge >= 0.3 is 0 Å². The van der Waals surface area contributed by atoms with Crippen LogP contribution in [0.25, 0.3) is 32.8 Å². The molecule has 166 valence electrons. The van der Waals surface area contributed by atoms with Crippen molar-refractivity contribution >= 4 is 22.4 Å². The molecule has 3 heterocycles. The topological polar surface area (TPSA) is 86.3 Å². The lowest BCUT2D eigenvalue weighted by Gasteiger charge is -2.31. The Hall–Kier alpha value is -4.03. The van der Waals surface area contributed by atoms with Gasteiger partial charge in [0.2, 0.25) is 5.69 Å². The number of rotatable bonds is 3. The molecule has 0 amide bonds. The number of aromatic nitrogens is 4. The first-order chi connectivity index (χ1) is 15.9. The van der Waals surface area contributed by atoms with Crippen LogP contribution in [0.1, 0.15) is 12.8 Å². The molecule has 1 aliphatic heterocycles. The van der Waals surface area contributed by atoms with Gasteiger partial charge in [-0.15, -0.1) is 0 Å². The molecule has 33 heavy (non-hydrogen) atoms. The number of nitrogens with zero attached hydrogens (tertiary/aromatic N) is 6. The molecule has 1 saturated heterocycles. The molecule has 9 heteroatoms. The lowest BCUT2D eigenvalue weighted by atomic mass is 10.1. The minimum atomic E-state index is -0.652. The second-order valence-corrected chi connectivity index (χ2v) is 8.23. The van der Waals surface area contributed by atoms with Crippen LogP contribution in [0, 0.1) is 12.4 Å². The third-order valence-electron chi connectivity index (χ3n) is 6.08. The Labute approximate surface area is 189 Å². The summed E-state index contributed by atoms with van der Waals surface area (Å²) in [6, 6.07) is 11.5. The van der Waals surface area contributed by atoms with Crippen molar-refractivity contribution in [2.75, 3.05) is 18.0 Å². The maximum Gasteiger partial charge on any atom is 0.260 e. The van der Waals surface area contributed by atoms with Gasteiger partial charge in [-0.3, -0.25) is 14.0 Å². The quantitative estimate of drug-likeness (QED) is 0.491. The SMILES string of the molecule is [C-]#[N+]c1ccc(-c2nc(N3CCC(N)CC3)cc(=O)n2-c2ccc3c(cnn3C)c2)cc1F. The van der Waals surface area contributed by atoms with Gasteiger partial charge in [0.15, 0.2) is 0 Å². The molecule has 0 atom stereocenters. The molecule has 2 aromatic heterocycles. The van der Waals surface area contributed by atoms with E-state index in [9.17, 15) is 9.18 Å². The highest BCUT2D eigenvalue weighted by Crippen LogP contribution is 2.28. The number of piperidine rings is 1. The molecule has 2 N–H and O–H groups in total. The van der Waals surface area contributed by atoms with E-state index in [1.807, 2.05) is 30.1 Å². The summed E-state index contributed by atoms with van der Waals surface area (Å²) in [7, 11) is 1.85. The molecule has 0 aliphatic carbocycles. The van der Waals surface area contributed by atoms with Crippen LogP contribution in [-0.4, -0.2) is 38.5 Å². The lowest BCUT2D eigenvalue weighted by molar-refractivity contribution is 0.498. The fourth-order valence-corrected chi connectivity index (χ4v) is 4.23. The Balaban J connectivity index is 1.71. The fourth-order valence-electron chi connectivity index (χ4n) is 4.23. The highest BCUT2D eigenvalue weighted by Gasteiger charge is 2.21. The normalized spacial score (nSPS) is 14.5. The first kappa shape index (κ1) is 20.8. The smallest absolute Gasteiger partial charge is 0.260 e. The standard InChI is InChI=1S/C24H22FN7O/c1-27-20-5-3-15(12-19(20)25)24-29-22(31-9-7-17(26)8-10-31)13-23(33)32(24)18-4-6-21-16(11-18)14-28-30(21)2/h3-6,11-14,17H,7-10,26H2,2H3. The number of aryl methyl sites for hydroxylation is 1. The van der Waals surface area contributed by atoms with E-state index < -0.39 is 5.82 Å². The van der Waals surface area contributed by atoms with E-state index in [-0.39, 0.29) is 17.3 Å². The van der Waals surface area contributed by atoms with Crippen molar-refractivity contribution in [1.82, 2.24) is 19.3 Å². The van der Waals surface area contributed by atoms with Gasteiger partial charge in [-0.05, 0) is 37.1 Å². The second-order valence-electron chi connectivity index (χ2n) is 8.23. The summed E-state index contributed by atoms with van der Waals surface area (Å²) in [5.74, 6) is 0.196. The summed E-state index contributed by atoms with van der Waals surface area (Å²) in [5, 5.41) is 5.14. The van der Waals surface area contributed by atoms with Gasteiger partial charge in [-0.25, -0.2) is 14.2 Å². The highest BCUT2D eigenvalue weighted by molar-refractivity contribution is 5.81. The van der Waals surface area contributed by atoms with Gasteiger partial charge in [-0.1, -0.05) is 12.1 Å². The van der Waals surface area contributed by atoms with Gasteiger partial charge < -0.3 is 10.6 Å². The van der Waals surface area contributed by atoms with Crippen LogP contribution in [0.15, 0.2) is 53.5 Å². The molecule has 2 aromatic carbocycles. The molecule has 1 fully saturated rings. The maximum atomic E-state index is 14.5. The van der Waals surface area contributed by atoms with Crippen LogP contribution in [0.5, 0.6) is 0 Å². The number of nitrogens with two attached hydrogens (primary N) is 1. The molecule has 0 saturated carbocycles. The van der Waals surface area contributed by atoms with Crippen molar-refractivity contribution in [3.63, 3.8) is 0 Å². The third-order valence-corrected chi connectivity index (χ3v) is 6.08. The van der Waals surface area contributed by atoms with Crippen molar-refractivity contribution in [2.45, 2.75) is 18.9 Å². The molecular weight excluding hydrogens is 421 g/mol. The summed E-state index contributed by atoms with van der Waals surface area (Å²) >= 11 is 0. The minimum absolute atomic E-state index is 0.0781. The first-order valence-corrected chi connectivity index (χ1v) is 10.7. The Morgan fingerprint density at radius 3 is 2.67 bits per heavy atom. The van der Waals surface area contributed by atoms with E-state index >= 15 is 0 Å². The summed E-state index contributed by atoms with van der Waals surface area (Å²) in [6.07, 6.45) is 3.35. The van der Waals surface area contributed by atoms with E-state index in [0.717, 1.165) is 23.7 Å². The van der Waals surface area contributed by atoms with Crippen molar-refractivity contribution < 1.29 is 4.39 Å². The van der Waals surface area contributed by atoms with Crippen LogP contribution in [-0.2, 0) is 7.05 Å². The number of halogens is 1. The van der Waals surface area contributed by atoms with Crippen LogP contribution in [0.2, 0.25) is 0 Å². The van der Waals surface area contributed by atoms with Crippen molar-refractivity contribution in [1.29, 1.82) is 0 Å². The van der Waals surface area contributed by atoms with E-state index in [1.165, 1.54) is 22.8 Å². The minimum Gasteiger partial charge on any atom is -0.356 e. The first-order valence-electron chi connectivity index (χ1n) is 10.7. The van der Waals surface area contributed by atoms with Crippen LogP contribution >= 0.6 is 0 Å². The number of benzene rings is 2. The van der Waals surface area contributed by atoms with Crippen LogP contribution in [0.4, 0.5) is 15.9 Å². The average Bonchev–Trinajstić information content (AvgIpc) is 3.19. The predicted molar refractivity (Wildman–Crippen MR) is 125 cm³/mol. The Morgan fingerprint density at radius 2 is 1.94 bits per heavy atom. The average molecular weight is 443 g/mol. The van der Waals surface area contributed by atoms with Crippen LogP contribution in [0.3, 0.4) is 0 Å². The van der Waals surface area contributed by atoms with E-state index in [1.54, 1.807) is 16.9 Å². The third kappa shape index (κ3) is 3.75. The molecule has 1 aliphatic rings. The van der Waals surface area contributed by atoms with Gasteiger partial charge in [0.1, 0.15) is 17.5 Å². The molecule has 5 rings (SSSR count). The molecule has 0 bridgehead atoms. The van der Waals surface area contributed by atoms with Crippen LogP contribution < -0.4 is 16.2 Å².